The third-order valence-corrected chi connectivity index (χ3v) is 7.43. The maximum atomic E-state index is 2.43. The minimum absolute atomic E-state index is 0.0637. The second-order valence-electron chi connectivity index (χ2n) is 9.37. The molecule has 1 aliphatic carbocycles. The van der Waals surface area contributed by atoms with Gasteiger partial charge in [0.2, 0.25) is 0 Å². The lowest BCUT2D eigenvalue weighted by atomic mass is 9.67. The lowest BCUT2D eigenvalue weighted by Gasteiger charge is -2.36. The van der Waals surface area contributed by atoms with Crippen molar-refractivity contribution in [1.82, 2.24) is 0 Å². The minimum atomic E-state index is -0.0637. The molecule has 31 heavy (non-hydrogen) atoms. The Kier molecular flexibility index (Phi) is 3.16. The van der Waals surface area contributed by atoms with Crippen molar-refractivity contribution in [1.29, 1.82) is 0 Å². The monoisotopic (exact) mass is 394 g/mol. The molecule has 0 fully saturated rings. The van der Waals surface area contributed by atoms with Gasteiger partial charge in [-0.3, -0.25) is 0 Å². The van der Waals surface area contributed by atoms with Crippen LogP contribution in [0.1, 0.15) is 25.0 Å². The number of hydrogen-bond acceptors (Lipinski definition) is 0. The van der Waals surface area contributed by atoms with Crippen molar-refractivity contribution in [3.8, 4) is 11.1 Å². The van der Waals surface area contributed by atoms with Crippen molar-refractivity contribution in [2.45, 2.75) is 19.3 Å². The first-order chi connectivity index (χ1) is 15.1. The van der Waals surface area contributed by atoms with Gasteiger partial charge in [0, 0.05) is 5.41 Å². The molecule has 1 aliphatic rings. The molecule has 6 aromatic rings. The zero-order valence-corrected chi connectivity index (χ0v) is 17.7. The molecule has 0 amide bonds. The summed E-state index contributed by atoms with van der Waals surface area (Å²) in [5, 5.41) is 10.8. The second kappa shape index (κ2) is 5.74. The van der Waals surface area contributed by atoms with Gasteiger partial charge in [-0.1, -0.05) is 105 Å². The summed E-state index contributed by atoms with van der Waals surface area (Å²) in [5.74, 6) is 0. The van der Waals surface area contributed by atoms with Crippen molar-refractivity contribution in [3.05, 3.63) is 108 Å². The van der Waals surface area contributed by atoms with Crippen LogP contribution in [0.2, 0.25) is 0 Å². The lowest BCUT2D eigenvalue weighted by molar-refractivity contribution is 0.647. The quantitative estimate of drug-likeness (QED) is 0.226. The Bertz CT molecular complexity index is 1700. The smallest absolute Gasteiger partial charge is 0.0159 e. The summed E-state index contributed by atoms with van der Waals surface area (Å²) in [7, 11) is 0. The molecule has 6 aromatic carbocycles. The Hall–Kier alpha value is -3.64. The van der Waals surface area contributed by atoms with E-state index in [4.69, 9.17) is 0 Å². The summed E-state index contributed by atoms with van der Waals surface area (Å²) in [6, 6.07) is 36.1. The zero-order chi connectivity index (χ0) is 20.7. The normalized spacial score (nSPS) is 14.4. The Balaban J connectivity index is 1.74. The van der Waals surface area contributed by atoms with Crippen molar-refractivity contribution in [2.75, 3.05) is 0 Å². The van der Waals surface area contributed by atoms with Crippen LogP contribution in [0.5, 0.6) is 0 Å². The van der Waals surface area contributed by atoms with E-state index in [9.17, 15) is 0 Å². The fourth-order valence-corrected chi connectivity index (χ4v) is 5.91. The van der Waals surface area contributed by atoms with Crippen LogP contribution in [0, 0.1) is 0 Å². The van der Waals surface area contributed by atoms with Gasteiger partial charge in [0.05, 0.1) is 0 Å². The summed E-state index contributed by atoms with van der Waals surface area (Å²) in [5.41, 5.74) is 5.57. The molecule has 0 aliphatic heterocycles. The van der Waals surface area contributed by atoms with Gasteiger partial charge in [0.1, 0.15) is 0 Å². The van der Waals surface area contributed by atoms with Crippen LogP contribution in [0.3, 0.4) is 0 Å². The second-order valence-corrected chi connectivity index (χ2v) is 9.37. The predicted octanol–water partition coefficient (Wildman–Crippen LogP) is 8.61. The van der Waals surface area contributed by atoms with Crippen molar-refractivity contribution < 1.29 is 0 Å². The van der Waals surface area contributed by atoms with E-state index in [1.54, 1.807) is 0 Å². The Morgan fingerprint density at radius 3 is 2.00 bits per heavy atom. The van der Waals surface area contributed by atoms with Crippen LogP contribution in [-0.2, 0) is 5.41 Å². The van der Waals surface area contributed by atoms with E-state index in [1.165, 1.54) is 65.3 Å². The summed E-state index contributed by atoms with van der Waals surface area (Å²) >= 11 is 0. The Morgan fingerprint density at radius 2 is 1.16 bits per heavy atom. The largest absolute Gasteiger partial charge is 0.0616 e. The average Bonchev–Trinajstić information content (AvgIpc) is 2.81. The first-order valence-electron chi connectivity index (χ1n) is 11.0. The van der Waals surface area contributed by atoms with E-state index in [2.05, 4.69) is 111 Å². The van der Waals surface area contributed by atoms with Gasteiger partial charge in [-0.15, -0.1) is 0 Å². The van der Waals surface area contributed by atoms with Gasteiger partial charge in [-0.05, 0) is 71.4 Å². The maximum Gasteiger partial charge on any atom is 0.0159 e. The molecule has 146 valence electrons. The molecule has 0 heteroatoms. The van der Waals surface area contributed by atoms with E-state index in [0.29, 0.717) is 0 Å². The number of benzene rings is 6. The fraction of sp³-hybridized carbons (Fsp3) is 0.0968. The van der Waals surface area contributed by atoms with Crippen LogP contribution in [0.4, 0.5) is 0 Å². The van der Waals surface area contributed by atoms with Crippen LogP contribution >= 0.6 is 0 Å². The fourth-order valence-electron chi connectivity index (χ4n) is 5.91. The Labute approximate surface area is 181 Å². The molecule has 0 aromatic heterocycles. The van der Waals surface area contributed by atoms with Crippen molar-refractivity contribution >= 4 is 43.1 Å². The molecule has 0 bridgehead atoms. The topological polar surface area (TPSA) is 0 Å². The molecule has 0 spiro atoms. The average molecular weight is 395 g/mol. The highest BCUT2D eigenvalue weighted by atomic mass is 14.4. The maximum absolute atomic E-state index is 2.43. The van der Waals surface area contributed by atoms with E-state index >= 15 is 0 Å². The molecule has 0 unspecified atom stereocenters. The highest BCUT2D eigenvalue weighted by molar-refractivity contribution is 6.20. The molecule has 0 atom stereocenters. The summed E-state index contributed by atoms with van der Waals surface area (Å²) in [6.45, 7) is 4.77. The van der Waals surface area contributed by atoms with E-state index < -0.39 is 0 Å². The molecular weight excluding hydrogens is 372 g/mol. The standard InChI is InChI=1S/C31H22/c1-31(2)27-17-16-23-21-10-5-3-8-19(21)14-15-25(23)29(27)26-13-7-12-24-22-11-6-4-9-20(22)18-28(31)30(24)26/h3-18H,1-2H3. The zero-order valence-electron chi connectivity index (χ0n) is 17.7. The number of hydrogen-bond donors (Lipinski definition) is 0. The molecule has 0 nitrogen and oxygen atoms in total. The van der Waals surface area contributed by atoms with Crippen LogP contribution < -0.4 is 0 Å². The van der Waals surface area contributed by atoms with Crippen molar-refractivity contribution in [3.63, 3.8) is 0 Å². The van der Waals surface area contributed by atoms with Gasteiger partial charge in [-0.25, -0.2) is 0 Å². The predicted molar refractivity (Wildman–Crippen MR) is 134 cm³/mol. The molecule has 0 heterocycles. The third kappa shape index (κ3) is 2.10. The van der Waals surface area contributed by atoms with E-state index in [-0.39, 0.29) is 5.41 Å². The molecule has 0 saturated carbocycles. The third-order valence-electron chi connectivity index (χ3n) is 7.43. The van der Waals surface area contributed by atoms with Gasteiger partial charge in [-0.2, -0.15) is 0 Å². The molecule has 0 saturated heterocycles. The van der Waals surface area contributed by atoms with Crippen molar-refractivity contribution in [2.24, 2.45) is 0 Å². The molecule has 7 rings (SSSR count). The van der Waals surface area contributed by atoms with Crippen LogP contribution in [-0.4, -0.2) is 0 Å². The SMILES string of the molecule is CC1(C)c2ccc3c(ccc4ccccc43)c2-c2cccc3c2c1cc1ccccc13. The van der Waals surface area contributed by atoms with E-state index in [1.807, 2.05) is 0 Å². The van der Waals surface area contributed by atoms with Gasteiger partial charge >= 0.3 is 0 Å². The van der Waals surface area contributed by atoms with Crippen LogP contribution in [0.25, 0.3) is 54.2 Å². The number of rotatable bonds is 0. The Morgan fingerprint density at radius 1 is 0.484 bits per heavy atom. The summed E-state index contributed by atoms with van der Waals surface area (Å²) < 4.78 is 0. The minimum Gasteiger partial charge on any atom is -0.0616 e. The van der Waals surface area contributed by atoms with Gasteiger partial charge in [0.15, 0.2) is 0 Å². The lowest BCUT2D eigenvalue weighted by Crippen LogP contribution is -2.24. The highest BCUT2D eigenvalue weighted by Gasteiger charge is 2.34. The summed E-state index contributed by atoms with van der Waals surface area (Å²) in [4.78, 5) is 0. The van der Waals surface area contributed by atoms with Gasteiger partial charge < -0.3 is 0 Å². The van der Waals surface area contributed by atoms with Crippen LogP contribution in [0.15, 0.2) is 97.1 Å². The highest BCUT2D eigenvalue weighted by Crippen LogP contribution is 2.52. The van der Waals surface area contributed by atoms with E-state index in [0.717, 1.165) is 0 Å². The first-order valence-corrected chi connectivity index (χ1v) is 11.0. The first kappa shape index (κ1) is 17.1. The van der Waals surface area contributed by atoms with Gasteiger partial charge in [0.25, 0.3) is 0 Å². The molecule has 0 radical (unpaired) electrons. The summed E-state index contributed by atoms with van der Waals surface area (Å²) in [6.07, 6.45) is 0. The molecular formula is C31H22. The molecule has 0 N–H and O–H groups in total. The number of fused-ring (bicyclic) bond motifs is 8.